The van der Waals surface area contributed by atoms with Crippen molar-refractivity contribution in [3.63, 3.8) is 0 Å². The van der Waals surface area contributed by atoms with Gasteiger partial charge in [0.05, 0.1) is 18.6 Å². The van der Waals surface area contributed by atoms with Crippen molar-refractivity contribution in [1.29, 1.82) is 0 Å². The number of methoxy groups -OCH3 is 1. The lowest BCUT2D eigenvalue weighted by atomic mass is 9.98. The smallest absolute Gasteiger partial charge is 0.379 e. The Morgan fingerprint density at radius 2 is 1.95 bits per heavy atom. The minimum absolute atomic E-state index is 0.0427. The summed E-state index contributed by atoms with van der Waals surface area (Å²) < 4.78 is 9.88. The van der Waals surface area contributed by atoms with Crippen LogP contribution in [0.5, 0.6) is 5.75 Å². The number of Topliss-reactive ketones (excluding diaryl/α,β-unsaturated/α-hetero) is 1. The number of benzene rings is 1. The van der Waals surface area contributed by atoms with Crippen molar-refractivity contribution in [2.24, 2.45) is 0 Å². The lowest BCUT2D eigenvalue weighted by molar-refractivity contribution is -0.386. The van der Waals surface area contributed by atoms with Gasteiger partial charge >= 0.3 is 11.7 Å². The molecule has 0 unspecified atom stereocenters. The van der Waals surface area contributed by atoms with Crippen molar-refractivity contribution in [2.45, 2.75) is 33.6 Å². The topological polar surface area (TPSA) is 95.7 Å². The highest BCUT2D eigenvalue weighted by molar-refractivity contribution is 6.41. The summed E-state index contributed by atoms with van der Waals surface area (Å²) >= 11 is 0. The third kappa shape index (κ3) is 3.60. The number of ketones is 1. The molecule has 0 saturated carbocycles. The van der Waals surface area contributed by atoms with Gasteiger partial charge in [-0.2, -0.15) is 0 Å². The molecule has 1 aromatic rings. The van der Waals surface area contributed by atoms with E-state index in [-0.39, 0.29) is 22.6 Å². The molecule has 1 rings (SSSR count). The number of esters is 1. The minimum atomic E-state index is -1.06. The normalized spacial score (nSPS) is 10.2. The standard InChI is InChI=1S/C15H19NO6/c1-5-6-7-22-14-9(2)8-11(13(17)15(18)21-4)10(3)12(14)16(19)20/h8H,5-7H2,1-4H3. The van der Waals surface area contributed by atoms with Crippen LogP contribution in [0.4, 0.5) is 5.69 Å². The zero-order chi connectivity index (χ0) is 16.9. The van der Waals surface area contributed by atoms with Crippen LogP contribution >= 0.6 is 0 Å². The van der Waals surface area contributed by atoms with Crippen molar-refractivity contribution in [1.82, 2.24) is 0 Å². The van der Waals surface area contributed by atoms with Crippen LogP contribution in [-0.4, -0.2) is 30.4 Å². The molecule has 120 valence electrons. The lowest BCUT2D eigenvalue weighted by Crippen LogP contribution is -2.18. The van der Waals surface area contributed by atoms with Crippen molar-refractivity contribution >= 4 is 17.4 Å². The quantitative estimate of drug-likeness (QED) is 0.192. The maximum absolute atomic E-state index is 12.0. The first kappa shape index (κ1) is 17.6. The van der Waals surface area contributed by atoms with Crippen LogP contribution in [0.2, 0.25) is 0 Å². The molecular weight excluding hydrogens is 290 g/mol. The van der Waals surface area contributed by atoms with Gasteiger partial charge in [-0.25, -0.2) is 4.79 Å². The Morgan fingerprint density at radius 3 is 2.45 bits per heavy atom. The highest BCUT2D eigenvalue weighted by Gasteiger charge is 2.29. The Kier molecular flexibility index (Phi) is 6.03. The second kappa shape index (κ2) is 7.53. The third-order valence-electron chi connectivity index (χ3n) is 3.24. The highest BCUT2D eigenvalue weighted by Crippen LogP contribution is 2.36. The molecule has 0 radical (unpaired) electrons. The molecule has 0 fully saturated rings. The Hall–Kier alpha value is -2.44. The summed E-state index contributed by atoms with van der Waals surface area (Å²) in [5.74, 6) is -1.83. The molecule has 0 bridgehead atoms. The van der Waals surface area contributed by atoms with E-state index in [1.807, 2.05) is 6.92 Å². The summed E-state index contributed by atoms with van der Waals surface area (Å²) in [7, 11) is 1.08. The van der Waals surface area contributed by atoms with Gasteiger partial charge < -0.3 is 9.47 Å². The maximum Gasteiger partial charge on any atom is 0.379 e. The number of unbranched alkanes of at least 4 members (excludes halogenated alkanes) is 1. The van der Waals surface area contributed by atoms with Gasteiger partial charge in [-0.3, -0.25) is 14.9 Å². The number of carbonyl (C=O) groups excluding carboxylic acids is 2. The van der Waals surface area contributed by atoms with Crippen molar-refractivity contribution in [2.75, 3.05) is 13.7 Å². The fraction of sp³-hybridized carbons (Fsp3) is 0.467. The summed E-state index contributed by atoms with van der Waals surface area (Å²) in [5.41, 5.74) is 0.195. The number of ether oxygens (including phenoxy) is 2. The van der Waals surface area contributed by atoms with Crippen LogP contribution in [0.15, 0.2) is 6.07 Å². The number of nitro groups is 1. The number of aryl methyl sites for hydroxylation is 1. The molecule has 0 saturated heterocycles. The summed E-state index contributed by atoms with van der Waals surface area (Å²) in [6.07, 6.45) is 1.66. The molecule has 0 aliphatic carbocycles. The van der Waals surface area contributed by atoms with Gasteiger partial charge in [0.2, 0.25) is 0 Å². The molecule has 0 aliphatic rings. The molecule has 0 N–H and O–H groups in total. The molecule has 7 nitrogen and oxygen atoms in total. The molecule has 0 spiro atoms. The molecule has 7 heteroatoms. The van der Waals surface area contributed by atoms with E-state index in [4.69, 9.17) is 4.74 Å². The fourth-order valence-electron chi connectivity index (χ4n) is 2.03. The molecular formula is C15H19NO6. The molecule has 0 aromatic heterocycles. The van der Waals surface area contributed by atoms with Gasteiger partial charge in [-0.05, 0) is 31.9 Å². The van der Waals surface area contributed by atoms with E-state index >= 15 is 0 Å². The van der Waals surface area contributed by atoms with Gasteiger partial charge in [-0.15, -0.1) is 0 Å². The number of hydrogen-bond donors (Lipinski definition) is 0. The van der Waals surface area contributed by atoms with E-state index in [1.54, 1.807) is 6.92 Å². The molecule has 0 atom stereocenters. The molecule has 0 aliphatic heterocycles. The second-order valence-electron chi connectivity index (χ2n) is 4.82. The van der Waals surface area contributed by atoms with Crippen LogP contribution in [0, 0.1) is 24.0 Å². The zero-order valence-electron chi connectivity index (χ0n) is 13.1. The van der Waals surface area contributed by atoms with Crippen LogP contribution in [-0.2, 0) is 9.53 Å². The molecule has 22 heavy (non-hydrogen) atoms. The van der Waals surface area contributed by atoms with Crippen LogP contribution in [0.25, 0.3) is 0 Å². The van der Waals surface area contributed by atoms with E-state index in [0.29, 0.717) is 12.2 Å². The van der Waals surface area contributed by atoms with Crippen molar-refractivity contribution in [3.8, 4) is 5.75 Å². The Labute approximate surface area is 128 Å². The van der Waals surface area contributed by atoms with Gasteiger partial charge in [0, 0.05) is 11.1 Å². The first-order valence-electron chi connectivity index (χ1n) is 6.89. The Morgan fingerprint density at radius 1 is 1.32 bits per heavy atom. The van der Waals surface area contributed by atoms with E-state index < -0.39 is 16.7 Å². The molecule has 0 heterocycles. The minimum Gasteiger partial charge on any atom is -0.487 e. The average molecular weight is 309 g/mol. The van der Waals surface area contributed by atoms with Crippen molar-refractivity contribution in [3.05, 3.63) is 32.9 Å². The van der Waals surface area contributed by atoms with Gasteiger partial charge in [0.15, 0.2) is 5.75 Å². The molecule has 1 aromatic carbocycles. The van der Waals surface area contributed by atoms with Gasteiger partial charge in [0.25, 0.3) is 5.78 Å². The van der Waals surface area contributed by atoms with Crippen LogP contribution < -0.4 is 4.74 Å². The summed E-state index contributed by atoms with van der Waals surface area (Å²) in [4.78, 5) is 34.1. The van der Waals surface area contributed by atoms with Gasteiger partial charge in [-0.1, -0.05) is 13.3 Å². The SMILES string of the molecule is CCCCOc1c(C)cc(C(=O)C(=O)OC)c(C)c1[N+](=O)[O-]. The zero-order valence-corrected chi connectivity index (χ0v) is 13.1. The lowest BCUT2D eigenvalue weighted by Gasteiger charge is -2.13. The van der Waals surface area contributed by atoms with E-state index in [9.17, 15) is 19.7 Å². The third-order valence-corrected chi connectivity index (χ3v) is 3.24. The highest BCUT2D eigenvalue weighted by atomic mass is 16.6. The van der Waals surface area contributed by atoms with E-state index in [0.717, 1.165) is 20.0 Å². The maximum atomic E-state index is 12.0. The average Bonchev–Trinajstić information content (AvgIpc) is 2.48. The van der Waals surface area contributed by atoms with Gasteiger partial charge in [0.1, 0.15) is 0 Å². The van der Waals surface area contributed by atoms with E-state index in [2.05, 4.69) is 4.74 Å². The second-order valence-corrected chi connectivity index (χ2v) is 4.82. The van der Waals surface area contributed by atoms with Crippen LogP contribution in [0.1, 0.15) is 41.3 Å². The fourth-order valence-corrected chi connectivity index (χ4v) is 2.03. The Balaban J connectivity index is 3.39. The Bertz CT molecular complexity index is 609. The van der Waals surface area contributed by atoms with Crippen LogP contribution in [0.3, 0.4) is 0 Å². The summed E-state index contributed by atoms with van der Waals surface area (Å²) in [5, 5.41) is 11.3. The first-order chi connectivity index (χ1) is 10.3. The molecule has 0 amide bonds. The monoisotopic (exact) mass is 309 g/mol. The predicted octanol–water partition coefficient (Wildman–Crippen LogP) is 2.75. The largest absolute Gasteiger partial charge is 0.487 e. The summed E-state index contributed by atoms with van der Waals surface area (Å²) in [6.45, 7) is 5.35. The first-order valence-corrected chi connectivity index (χ1v) is 6.89. The van der Waals surface area contributed by atoms with Crippen molar-refractivity contribution < 1.29 is 24.0 Å². The number of nitrogens with zero attached hydrogens (tertiary/aromatic N) is 1. The predicted molar refractivity (Wildman–Crippen MR) is 79.3 cm³/mol. The number of carbonyl (C=O) groups is 2. The number of rotatable bonds is 7. The number of hydrogen-bond acceptors (Lipinski definition) is 6. The summed E-state index contributed by atoms with van der Waals surface area (Å²) in [6, 6.07) is 1.42. The number of nitro benzene ring substituents is 1. The van der Waals surface area contributed by atoms with E-state index in [1.165, 1.54) is 13.0 Å².